The molecular formula is C22H25N5O. The predicted molar refractivity (Wildman–Crippen MR) is 115 cm³/mol. The Morgan fingerprint density at radius 2 is 1.68 bits per heavy atom. The van der Waals surface area contributed by atoms with Crippen molar-refractivity contribution < 1.29 is 4.79 Å². The number of nitrogens with zero attached hydrogens (tertiary/aromatic N) is 2. The highest BCUT2D eigenvalue weighted by molar-refractivity contribution is 5.89. The lowest BCUT2D eigenvalue weighted by molar-refractivity contribution is -0.114. The Morgan fingerprint density at radius 3 is 2.43 bits per heavy atom. The molecule has 3 rings (SSSR count). The standard InChI is InChI=1S/C22H25N5O/c1-3-4-13-23-20-15-21(27-22(26-20)17-9-6-5-7-10-17)25-19-12-8-11-18(14-19)24-16(2)28/h5-12,14-15H,3-4,13H2,1-2H3,(H,24,28)(H2,23,25,26,27). The second-order valence-electron chi connectivity index (χ2n) is 6.50. The lowest BCUT2D eigenvalue weighted by Crippen LogP contribution is -2.07. The van der Waals surface area contributed by atoms with Crippen molar-refractivity contribution in [2.75, 3.05) is 22.5 Å². The van der Waals surface area contributed by atoms with Crippen LogP contribution < -0.4 is 16.0 Å². The van der Waals surface area contributed by atoms with E-state index in [9.17, 15) is 4.79 Å². The molecule has 0 saturated heterocycles. The smallest absolute Gasteiger partial charge is 0.221 e. The number of nitrogens with one attached hydrogen (secondary N) is 3. The number of rotatable bonds is 8. The van der Waals surface area contributed by atoms with Gasteiger partial charge in [0.15, 0.2) is 5.82 Å². The molecule has 1 amide bonds. The Balaban J connectivity index is 1.88. The SMILES string of the molecule is CCCCNc1cc(Nc2cccc(NC(C)=O)c2)nc(-c2ccccc2)n1. The van der Waals surface area contributed by atoms with Gasteiger partial charge in [0.1, 0.15) is 11.6 Å². The summed E-state index contributed by atoms with van der Waals surface area (Å²) in [6.45, 7) is 4.51. The highest BCUT2D eigenvalue weighted by atomic mass is 16.1. The average molecular weight is 375 g/mol. The Kier molecular flexibility index (Phi) is 6.57. The zero-order chi connectivity index (χ0) is 19.8. The molecule has 0 aliphatic rings. The molecule has 144 valence electrons. The molecule has 0 unspecified atom stereocenters. The van der Waals surface area contributed by atoms with E-state index in [0.29, 0.717) is 11.6 Å². The summed E-state index contributed by atoms with van der Waals surface area (Å²) in [7, 11) is 0. The second-order valence-corrected chi connectivity index (χ2v) is 6.50. The van der Waals surface area contributed by atoms with Crippen molar-refractivity contribution >= 4 is 28.9 Å². The number of hydrogen-bond donors (Lipinski definition) is 3. The van der Waals surface area contributed by atoms with Gasteiger partial charge in [-0.25, -0.2) is 9.97 Å². The molecule has 0 spiro atoms. The number of anilines is 4. The van der Waals surface area contributed by atoms with Gasteiger partial charge in [0.05, 0.1) is 0 Å². The highest BCUT2D eigenvalue weighted by Gasteiger charge is 2.08. The zero-order valence-electron chi connectivity index (χ0n) is 16.2. The summed E-state index contributed by atoms with van der Waals surface area (Å²) >= 11 is 0. The lowest BCUT2D eigenvalue weighted by Gasteiger charge is -2.12. The quantitative estimate of drug-likeness (QED) is 0.480. The number of benzene rings is 2. The van der Waals surface area contributed by atoms with Gasteiger partial charge >= 0.3 is 0 Å². The number of hydrogen-bond acceptors (Lipinski definition) is 5. The summed E-state index contributed by atoms with van der Waals surface area (Å²) in [4.78, 5) is 20.6. The first-order valence-corrected chi connectivity index (χ1v) is 9.47. The molecule has 28 heavy (non-hydrogen) atoms. The van der Waals surface area contributed by atoms with E-state index in [1.807, 2.05) is 60.7 Å². The Morgan fingerprint density at radius 1 is 0.929 bits per heavy atom. The number of amides is 1. The van der Waals surface area contributed by atoms with Gasteiger partial charge in [-0.15, -0.1) is 0 Å². The number of carbonyl (C=O) groups excluding carboxylic acids is 1. The van der Waals surface area contributed by atoms with E-state index in [1.165, 1.54) is 6.92 Å². The van der Waals surface area contributed by atoms with Crippen LogP contribution in [0, 0.1) is 0 Å². The summed E-state index contributed by atoms with van der Waals surface area (Å²) in [6, 6.07) is 19.3. The molecule has 3 N–H and O–H groups in total. The highest BCUT2D eigenvalue weighted by Crippen LogP contribution is 2.24. The Labute approximate surface area is 165 Å². The number of aromatic nitrogens is 2. The van der Waals surface area contributed by atoms with Crippen molar-refractivity contribution in [2.24, 2.45) is 0 Å². The minimum atomic E-state index is -0.104. The molecule has 0 aliphatic carbocycles. The fourth-order valence-electron chi connectivity index (χ4n) is 2.74. The number of unbranched alkanes of at least 4 members (excludes halogenated alkanes) is 1. The van der Waals surface area contributed by atoms with E-state index in [4.69, 9.17) is 0 Å². The molecule has 0 fully saturated rings. The predicted octanol–water partition coefficient (Wildman–Crippen LogP) is 5.06. The molecule has 0 aliphatic heterocycles. The fourth-order valence-corrected chi connectivity index (χ4v) is 2.74. The van der Waals surface area contributed by atoms with Crippen molar-refractivity contribution in [3.8, 4) is 11.4 Å². The molecule has 0 saturated carbocycles. The van der Waals surface area contributed by atoms with Crippen molar-refractivity contribution in [2.45, 2.75) is 26.7 Å². The molecule has 0 radical (unpaired) electrons. The van der Waals surface area contributed by atoms with E-state index < -0.39 is 0 Å². The topological polar surface area (TPSA) is 78.9 Å². The normalized spacial score (nSPS) is 10.4. The van der Waals surface area contributed by atoms with Crippen molar-refractivity contribution in [3.63, 3.8) is 0 Å². The maximum absolute atomic E-state index is 11.3. The van der Waals surface area contributed by atoms with Crippen LogP contribution in [0.1, 0.15) is 26.7 Å². The van der Waals surface area contributed by atoms with Crippen LogP contribution in [0.5, 0.6) is 0 Å². The minimum Gasteiger partial charge on any atom is -0.370 e. The van der Waals surface area contributed by atoms with E-state index in [-0.39, 0.29) is 5.91 Å². The summed E-state index contributed by atoms with van der Waals surface area (Å²) in [5, 5.41) is 9.48. The largest absolute Gasteiger partial charge is 0.370 e. The van der Waals surface area contributed by atoms with Gasteiger partial charge in [-0.05, 0) is 24.6 Å². The second kappa shape index (κ2) is 9.50. The van der Waals surface area contributed by atoms with E-state index in [1.54, 1.807) is 0 Å². The van der Waals surface area contributed by atoms with Gasteiger partial charge < -0.3 is 16.0 Å². The lowest BCUT2D eigenvalue weighted by atomic mass is 10.2. The minimum absolute atomic E-state index is 0.104. The summed E-state index contributed by atoms with van der Waals surface area (Å²) in [5.74, 6) is 2.02. The molecule has 0 atom stereocenters. The average Bonchev–Trinajstić information content (AvgIpc) is 2.68. The third kappa shape index (κ3) is 5.54. The van der Waals surface area contributed by atoms with Gasteiger partial charge in [-0.2, -0.15) is 0 Å². The van der Waals surface area contributed by atoms with Crippen LogP contribution in [0.4, 0.5) is 23.0 Å². The van der Waals surface area contributed by atoms with Crippen LogP contribution >= 0.6 is 0 Å². The van der Waals surface area contributed by atoms with Gasteiger partial charge in [0.2, 0.25) is 5.91 Å². The maximum atomic E-state index is 11.3. The van der Waals surface area contributed by atoms with E-state index in [2.05, 4.69) is 32.8 Å². The molecule has 6 heteroatoms. The zero-order valence-corrected chi connectivity index (χ0v) is 16.2. The van der Waals surface area contributed by atoms with Crippen LogP contribution in [0.2, 0.25) is 0 Å². The Hall–Kier alpha value is -3.41. The molecule has 6 nitrogen and oxygen atoms in total. The van der Waals surface area contributed by atoms with Crippen LogP contribution in [0.3, 0.4) is 0 Å². The van der Waals surface area contributed by atoms with Gasteiger partial charge in [-0.3, -0.25) is 4.79 Å². The van der Waals surface area contributed by atoms with Gasteiger partial charge in [0, 0.05) is 36.5 Å². The van der Waals surface area contributed by atoms with Gasteiger partial charge in [0.25, 0.3) is 0 Å². The molecular weight excluding hydrogens is 350 g/mol. The van der Waals surface area contributed by atoms with Crippen LogP contribution in [0.15, 0.2) is 60.7 Å². The van der Waals surface area contributed by atoms with Gasteiger partial charge in [-0.1, -0.05) is 49.7 Å². The molecule has 1 heterocycles. The molecule has 1 aromatic heterocycles. The monoisotopic (exact) mass is 375 g/mol. The molecule has 2 aromatic carbocycles. The summed E-state index contributed by atoms with van der Waals surface area (Å²) in [5.41, 5.74) is 2.52. The van der Waals surface area contributed by atoms with Crippen LogP contribution in [-0.2, 0) is 4.79 Å². The van der Waals surface area contributed by atoms with Crippen LogP contribution in [0.25, 0.3) is 11.4 Å². The first-order chi connectivity index (χ1) is 13.6. The third-order valence-corrected chi connectivity index (χ3v) is 4.05. The van der Waals surface area contributed by atoms with Crippen LogP contribution in [-0.4, -0.2) is 22.4 Å². The first kappa shape index (κ1) is 19.4. The van der Waals surface area contributed by atoms with Crippen molar-refractivity contribution in [1.82, 2.24) is 9.97 Å². The summed E-state index contributed by atoms with van der Waals surface area (Å²) in [6.07, 6.45) is 2.19. The van der Waals surface area contributed by atoms with E-state index in [0.717, 1.165) is 42.1 Å². The summed E-state index contributed by atoms with van der Waals surface area (Å²) < 4.78 is 0. The fraction of sp³-hybridized carbons (Fsp3) is 0.227. The van der Waals surface area contributed by atoms with Crippen molar-refractivity contribution in [3.05, 3.63) is 60.7 Å². The first-order valence-electron chi connectivity index (χ1n) is 9.47. The number of carbonyl (C=O) groups is 1. The third-order valence-electron chi connectivity index (χ3n) is 4.05. The molecule has 0 bridgehead atoms. The molecule has 3 aromatic rings. The Bertz CT molecular complexity index is 927. The van der Waals surface area contributed by atoms with E-state index >= 15 is 0 Å². The van der Waals surface area contributed by atoms with Crippen molar-refractivity contribution in [1.29, 1.82) is 0 Å². The maximum Gasteiger partial charge on any atom is 0.221 e.